The van der Waals surface area contributed by atoms with Crippen molar-refractivity contribution < 1.29 is 4.74 Å². The number of methoxy groups -OCH3 is 1. The number of aromatic nitrogens is 1. The number of ether oxygens (including phenoxy) is 1. The van der Waals surface area contributed by atoms with E-state index in [4.69, 9.17) is 10.6 Å². The average Bonchev–Trinajstić information content (AvgIpc) is 2.44. The van der Waals surface area contributed by atoms with E-state index in [1.54, 1.807) is 13.3 Å². The summed E-state index contributed by atoms with van der Waals surface area (Å²) in [6.07, 6.45) is 2.59. The van der Waals surface area contributed by atoms with Crippen molar-refractivity contribution in [2.24, 2.45) is 5.84 Å². The van der Waals surface area contributed by atoms with Gasteiger partial charge in [0.25, 0.3) is 0 Å². The predicted molar refractivity (Wildman–Crippen MR) is 77.5 cm³/mol. The van der Waals surface area contributed by atoms with Gasteiger partial charge in [-0.05, 0) is 38.0 Å². The molecule has 1 aromatic carbocycles. The molecule has 0 fully saturated rings. The maximum absolute atomic E-state index is 5.73. The Kier molecular flexibility index (Phi) is 4.14. The van der Waals surface area contributed by atoms with Gasteiger partial charge in [-0.1, -0.05) is 18.2 Å². The number of hydrogen-bond acceptors (Lipinski definition) is 4. The van der Waals surface area contributed by atoms with Gasteiger partial charge in [-0.15, -0.1) is 0 Å². The van der Waals surface area contributed by atoms with Crippen LogP contribution in [0.5, 0.6) is 0 Å². The number of hydrogen-bond donors (Lipinski definition) is 2. The van der Waals surface area contributed by atoms with Crippen molar-refractivity contribution in [2.45, 2.75) is 31.9 Å². The van der Waals surface area contributed by atoms with Crippen LogP contribution in [0, 0.1) is 0 Å². The zero-order valence-electron chi connectivity index (χ0n) is 11.7. The number of hydrazine groups is 1. The molecule has 0 aliphatic carbocycles. The molecule has 102 valence electrons. The van der Waals surface area contributed by atoms with E-state index in [9.17, 15) is 0 Å². The van der Waals surface area contributed by atoms with E-state index >= 15 is 0 Å². The highest BCUT2D eigenvalue weighted by Gasteiger charge is 2.24. The first-order valence-corrected chi connectivity index (χ1v) is 6.42. The summed E-state index contributed by atoms with van der Waals surface area (Å²) in [5, 5.41) is 1.12. The maximum Gasteiger partial charge on any atom is 0.0705 e. The second-order valence-electron chi connectivity index (χ2n) is 5.30. The molecule has 4 heteroatoms. The van der Waals surface area contributed by atoms with Gasteiger partial charge in [0.2, 0.25) is 0 Å². The SMILES string of the molecule is COC(C)(C)CC(NN)c1cccc2ncccc12. The predicted octanol–water partition coefficient (Wildman–Crippen LogP) is 2.55. The molecule has 1 unspecified atom stereocenters. The summed E-state index contributed by atoms with van der Waals surface area (Å²) >= 11 is 0. The van der Waals surface area contributed by atoms with E-state index in [0.717, 1.165) is 22.9 Å². The highest BCUT2D eigenvalue weighted by Crippen LogP contribution is 2.29. The average molecular weight is 259 g/mol. The van der Waals surface area contributed by atoms with E-state index in [1.807, 2.05) is 18.2 Å². The van der Waals surface area contributed by atoms with Crippen molar-refractivity contribution in [3.8, 4) is 0 Å². The Labute approximate surface area is 113 Å². The molecule has 1 atom stereocenters. The van der Waals surface area contributed by atoms with Crippen molar-refractivity contribution in [3.05, 3.63) is 42.1 Å². The van der Waals surface area contributed by atoms with E-state index < -0.39 is 0 Å². The Morgan fingerprint density at radius 1 is 1.32 bits per heavy atom. The molecule has 0 radical (unpaired) electrons. The molecule has 4 nitrogen and oxygen atoms in total. The first-order chi connectivity index (χ1) is 9.07. The third-order valence-corrected chi connectivity index (χ3v) is 3.50. The van der Waals surface area contributed by atoms with Crippen LogP contribution in [0.3, 0.4) is 0 Å². The highest BCUT2D eigenvalue weighted by atomic mass is 16.5. The van der Waals surface area contributed by atoms with Gasteiger partial charge in [-0.2, -0.15) is 0 Å². The van der Waals surface area contributed by atoms with E-state index in [-0.39, 0.29) is 11.6 Å². The molecule has 1 aromatic heterocycles. The summed E-state index contributed by atoms with van der Waals surface area (Å²) in [6.45, 7) is 4.11. The smallest absolute Gasteiger partial charge is 0.0705 e. The quantitative estimate of drug-likeness (QED) is 0.640. The molecule has 0 spiro atoms. The lowest BCUT2D eigenvalue weighted by Crippen LogP contribution is -2.35. The van der Waals surface area contributed by atoms with Gasteiger partial charge in [0.1, 0.15) is 0 Å². The second kappa shape index (κ2) is 5.65. The molecule has 1 heterocycles. The third-order valence-electron chi connectivity index (χ3n) is 3.50. The zero-order valence-corrected chi connectivity index (χ0v) is 11.7. The van der Waals surface area contributed by atoms with Crippen molar-refractivity contribution in [3.63, 3.8) is 0 Å². The van der Waals surface area contributed by atoms with Crippen LogP contribution < -0.4 is 11.3 Å². The Morgan fingerprint density at radius 2 is 2.11 bits per heavy atom. The summed E-state index contributed by atoms with van der Waals surface area (Å²) in [7, 11) is 1.72. The fourth-order valence-corrected chi connectivity index (χ4v) is 2.26. The van der Waals surface area contributed by atoms with Crippen LogP contribution in [-0.2, 0) is 4.74 Å². The van der Waals surface area contributed by atoms with Gasteiger partial charge in [0.05, 0.1) is 11.1 Å². The number of rotatable bonds is 5. The fourth-order valence-electron chi connectivity index (χ4n) is 2.26. The van der Waals surface area contributed by atoms with Gasteiger partial charge in [0, 0.05) is 24.7 Å². The normalized spacial score (nSPS) is 13.7. The van der Waals surface area contributed by atoms with Gasteiger partial charge >= 0.3 is 0 Å². The van der Waals surface area contributed by atoms with Crippen LogP contribution in [0.4, 0.5) is 0 Å². The molecule has 0 amide bonds. The molecule has 0 aliphatic heterocycles. The van der Waals surface area contributed by atoms with Crippen LogP contribution in [0.25, 0.3) is 10.9 Å². The largest absolute Gasteiger partial charge is 0.379 e. The van der Waals surface area contributed by atoms with Gasteiger partial charge < -0.3 is 4.74 Å². The molecule has 0 aliphatic rings. The van der Waals surface area contributed by atoms with Crippen molar-refractivity contribution in [1.82, 2.24) is 10.4 Å². The lowest BCUT2D eigenvalue weighted by molar-refractivity contribution is 0.00693. The molecular weight excluding hydrogens is 238 g/mol. The van der Waals surface area contributed by atoms with E-state index in [0.29, 0.717) is 0 Å². The Morgan fingerprint density at radius 3 is 2.79 bits per heavy atom. The van der Waals surface area contributed by atoms with Gasteiger partial charge in [-0.3, -0.25) is 16.3 Å². The van der Waals surface area contributed by atoms with Crippen LogP contribution >= 0.6 is 0 Å². The topological polar surface area (TPSA) is 60.2 Å². The van der Waals surface area contributed by atoms with Crippen molar-refractivity contribution in [2.75, 3.05) is 7.11 Å². The summed E-state index contributed by atoms with van der Waals surface area (Å²) < 4.78 is 5.49. The number of benzene rings is 1. The molecule has 19 heavy (non-hydrogen) atoms. The molecule has 2 aromatic rings. The number of nitrogens with two attached hydrogens (primary N) is 1. The van der Waals surface area contributed by atoms with Crippen LogP contribution in [0.1, 0.15) is 31.9 Å². The number of pyridine rings is 1. The molecule has 0 bridgehead atoms. The summed E-state index contributed by atoms with van der Waals surface area (Å²) in [5.41, 5.74) is 4.79. The van der Waals surface area contributed by atoms with Crippen molar-refractivity contribution in [1.29, 1.82) is 0 Å². The minimum absolute atomic E-state index is 0.0304. The van der Waals surface area contributed by atoms with E-state index in [2.05, 4.69) is 36.4 Å². The highest BCUT2D eigenvalue weighted by molar-refractivity contribution is 5.82. The number of nitrogens with one attached hydrogen (secondary N) is 1. The van der Waals surface area contributed by atoms with Crippen LogP contribution in [0.2, 0.25) is 0 Å². The second-order valence-corrected chi connectivity index (χ2v) is 5.30. The summed E-state index contributed by atoms with van der Waals surface area (Å²) in [5.74, 6) is 5.73. The minimum atomic E-state index is -0.235. The zero-order chi connectivity index (χ0) is 13.9. The summed E-state index contributed by atoms with van der Waals surface area (Å²) in [6, 6.07) is 10.1. The standard InChI is InChI=1S/C15H21N3O/c1-15(2,19-3)10-14(18-16)12-6-4-8-13-11(12)7-5-9-17-13/h4-9,14,18H,10,16H2,1-3H3. The Balaban J connectivity index is 2.41. The number of nitrogens with zero attached hydrogens (tertiary/aromatic N) is 1. The third kappa shape index (κ3) is 3.10. The Bertz CT molecular complexity index is 549. The fraction of sp³-hybridized carbons (Fsp3) is 0.400. The van der Waals surface area contributed by atoms with Crippen LogP contribution in [0.15, 0.2) is 36.5 Å². The van der Waals surface area contributed by atoms with Crippen LogP contribution in [-0.4, -0.2) is 17.7 Å². The minimum Gasteiger partial charge on any atom is -0.379 e. The van der Waals surface area contributed by atoms with E-state index in [1.165, 1.54) is 0 Å². The molecule has 0 saturated heterocycles. The van der Waals surface area contributed by atoms with Gasteiger partial charge in [0.15, 0.2) is 0 Å². The maximum atomic E-state index is 5.73. The molecule has 3 N–H and O–H groups in total. The summed E-state index contributed by atoms with van der Waals surface area (Å²) in [4.78, 5) is 4.38. The van der Waals surface area contributed by atoms with Gasteiger partial charge in [-0.25, -0.2) is 0 Å². The Hall–Kier alpha value is -1.49. The molecular formula is C15H21N3O. The lowest BCUT2D eigenvalue weighted by Gasteiger charge is -2.29. The van der Waals surface area contributed by atoms with Crippen molar-refractivity contribution >= 4 is 10.9 Å². The lowest BCUT2D eigenvalue weighted by atomic mass is 9.92. The monoisotopic (exact) mass is 259 g/mol. The first-order valence-electron chi connectivity index (χ1n) is 6.42. The molecule has 2 rings (SSSR count). The molecule has 0 saturated carbocycles. The first kappa shape index (κ1) is 13.9. The number of fused-ring (bicyclic) bond motifs is 1.